The zero-order valence-corrected chi connectivity index (χ0v) is 15.2. The van der Waals surface area contributed by atoms with Crippen LogP contribution in [0.3, 0.4) is 0 Å². The highest BCUT2D eigenvalue weighted by atomic mass is 35.5. The summed E-state index contributed by atoms with van der Waals surface area (Å²) in [6.45, 7) is 3.40. The van der Waals surface area contributed by atoms with Crippen molar-refractivity contribution in [1.82, 2.24) is 0 Å². The summed E-state index contributed by atoms with van der Waals surface area (Å²) in [5.41, 5.74) is 1.89. The van der Waals surface area contributed by atoms with Gasteiger partial charge in [0.1, 0.15) is 6.04 Å². The minimum Gasteiger partial charge on any atom is -0.324 e. The van der Waals surface area contributed by atoms with Crippen molar-refractivity contribution >= 4 is 38.9 Å². The molecule has 7 heteroatoms. The summed E-state index contributed by atoms with van der Waals surface area (Å²) in [5, 5.41) is 3.16. The second-order valence-electron chi connectivity index (χ2n) is 5.52. The Morgan fingerprint density at radius 3 is 2.42 bits per heavy atom. The predicted molar refractivity (Wildman–Crippen MR) is 98.0 cm³/mol. The first-order valence-electron chi connectivity index (χ1n) is 7.31. The van der Waals surface area contributed by atoms with E-state index in [1.54, 1.807) is 30.3 Å². The van der Waals surface area contributed by atoms with E-state index in [2.05, 4.69) is 5.32 Å². The summed E-state index contributed by atoms with van der Waals surface area (Å²) in [5.74, 6) is -0.422. The summed E-state index contributed by atoms with van der Waals surface area (Å²) in [4.78, 5) is 12.6. The van der Waals surface area contributed by atoms with Crippen molar-refractivity contribution < 1.29 is 13.2 Å². The van der Waals surface area contributed by atoms with E-state index >= 15 is 0 Å². The van der Waals surface area contributed by atoms with E-state index < -0.39 is 22.0 Å². The van der Waals surface area contributed by atoms with E-state index in [1.165, 1.54) is 13.0 Å². The van der Waals surface area contributed by atoms with Crippen LogP contribution in [-0.4, -0.2) is 26.6 Å². The third kappa shape index (κ3) is 4.27. The van der Waals surface area contributed by atoms with Crippen molar-refractivity contribution in [3.63, 3.8) is 0 Å². The zero-order valence-electron chi connectivity index (χ0n) is 13.7. The number of aryl methyl sites for hydroxylation is 1. The normalized spacial score (nSPS) is 12.5. The lowest BCUT2D eigenvalue weighted by molar-refractivity contribution is -0.116. The molecule has 2 aromatic carbocycles. The van der Waals surface area contributed by atoms with Gasteiger partial charge in [-0.05, 0) is 43.7 Å². The number of benzene rings is 2. The molecule has 0 heterocycles. The molecule has 0 bridgehead atoms. The highest BCUT2D eigenvalue weighted by Crippen LogP contribution is 2.25. The molecule has 1 N–H and O–H groups in total. The van der Waals surface area contributed by atoms with Crippen LogP contribution in [0.2, 0.25) is 5.02 Å². The van der Waals surface area contributed by atoms with Crippen LogP contribution >= 0.6 is 11.6 Å². The Labute approximate surface area is 147 Å². The van der Waals surface area contributed by atoms with E-state index in [1.807, 2.05) is 19.1 Å². The van der Waals surface area contributed by atoms with Crippen molar-refractivity contribution in [2.75, 3.05) is 15.9 Å². The van der Waals surface area contributed by atoms with Crippen molar-refractivity contribution in [2.24, 2.45) is 0 Å². The maximum Gasteiger partial charge on any atom is 0.248 e. The van der Waals surface area contributed by atoms with Gasteiger partial charge in [-0.3, -0.25) is 9.10 Å². The van der Waals surface area contributed by atoms with Gasteiger partial charge in [-0.1, -0.05) is 35.9 Å². The van der Waals surface area contributed by atoms with Gasteiger partial charge in [-0.2, -0.15) is 0 Å². The Morgan fingerprint density at radius 2 is 1.83 bits per heavy atom. The molecule has 24 heavy (non-hydrogen) atoms. The molecule has 0 aromatic heterocycles. The van der Waals surface area contributed by atoms with Crippen molar-refractivity contribution in [1.29, 1.82) is 0 Å². The molecule has 5 nitrogen and oxygen atoms in total. The summed E-state index contributed by atoms with van der Waals surface area (Å²) in [6.07, 6.45) is 1.06. The number of nitrogens with zero attached hydrogens (tertiary/aromatic N) is 1. The molecule has 0 saturated heterocycles. The van der Waals surface area contributed by atoms with E-state index in [9.17, 15) is 13.2 Å². The van der Waals surface area contributed by atoms with Crippen LogP contribution in [0.15, 0.2) is 48.5 Å². The van der Waals surface area contributed by atoms with E-state index in [4.69, 9.17) is 11.6 Å². The summed E-state index contributed by atoms with van der Waals surface area (Å²) in [7, 11) is -3.67. The fraction of sp³-hybridized carbons (Fsp3) is 0.235. The molecule has 0 radical (unpaired) electrons. The van der Waals surface area contributed by atoms with Gasteiger partial charge < -0.3 is 5.32 Å². The lowest BCUT2D eigenvalue weighted by Gasteiger charge is -2.28. The molecule has 0 spiro atoms. The second kappa shape index (κ2) is 7.23. The van der Waals surface area contributed by atoms with E-state index in [0.29, 0.717) is 16.4 Å². The number of halogens is 1. The smallest absolute Gasteiger partial charge is 0.248 e. The topological polar surface area (TPSA) is 66.5 Å². The molecule has 0 aliphatic rings. The Kier molecular flexibility index (Phi) is 5.51. The molecular formula is C17H19ClN2O3S. The summed E-state index contributed by atoms with van der Waals surface area (Å²) in [6, 6.07) is 12.8. The average molecular weight is 367 g/mol. The molecule has 128 valence electrons. The van der Waals surface area contributed by atoms with Gasteiger partial charge in [0.2, 0.25) is 15.9 Å². The zero-order chi connectivity index (χ0) is 17.9. The van der Waals surface area contributed by atoms with Gasteiger partial charge >= 0.3 is 0 Å². The summed E-state index contributed by atoms with van der Waals surface area (Å²) >= 11 is 5.95. The first-order valence-corrected chi connectivity index (χ1v) is 9.54. The number of para-hydroxylation sites is 1. The standard InChI is InChI=1S/C17H19ClN2O3S/c1-12-7-4-5-10-16(12)19-17(21)13(2)20(24(3,22)23)15-9-6-8-14(18)11-15/h4-11,13H,1-3H3,(H,19,21)/t13-/m1/s1. The van der Waals surface area contributed by atoms with E-state index in [0.717, 1.165) is 16.1 Å². The van der Waals surface area contributed by atoms with Crippen molar-refractivity contribution in [3.05, 3.63) is 59.1 Å². The molecule has 0 fully saturated rings. The van der Waals surface area contributed by atoms with Crippen molar-refractivity contribution in [2.45, 2.75) is 19.9 Å². The monoisotopic (exact) mass is 366 g/mol. The third-order valence-corrected chi connectivity index (χ3v) is 5.03. The molecule has 0 aliphatic carbocycles. The molecule has 1 amide bonds. The maximum absolute atomic E-state index is 12.6. The number of carbonyl (C=O) groups excluding carboxylic acids is 1. The van der Waals surface area contributed by atoms with Gasteiger partial charge in [0.25, 0.3) is 0 Å². The van der Waals surface area contributed by atoms with Gasteiger partial charge in [-0.15, -0.1) is 0 Å². The molecule has 0 unspecified atom stereocenters. The van der Waals surface area contributed by atoms with Crippen LogP contribution in [0, 0.1) is 6.92 Å². The maximum atomic E-state index is 12.6. The fourth-order valence-corrected chi connectivity index (χ4v) is 3.72. The average Bonchev–Trinajstić information content (AvgIpc) is 2.48. The molecule has 0 aliphatic heterocycles. The first kappa shape index (κ1) is 18.3. The summed E-state index contributed by atoms with van der Waals surface area (Å²) < 4.78 is 25.5. The largest absolute Gasteiger partial charge is 0.324 e. The van der Waals surface area contributed by atoms with Crippen LogP contribution < -0.4 is 9.62 Å². The lowest BCUT2D eigenvalue weighted by atomic mass is 10.2. The lowest BCUT2D eigenvalue weighted by Crippen LogP contribution is -2.45. The predicted octanol–water partition coefficient (Wildman–Crippen LogP) is 3.44. The van der Waals surface area contributed by atoms with Gasteiger partial charge in [-0.25, -0.2) is 8.42 Å². The van der Waals surface area contributed by atoms with Crippen molar-refractivity contribution in [3.8, 4) is 0 Å². The third-order valence-electron chi connectivity index (χ3n) is 3.55. The number of sulfonamides is 1. The van der Waals surface area contributed by atoms with Crippen LogP contribution in [0.1, 0.15) is 12.5 Å². The Hall–Kier alpha value is -2.05. The minimum absolute atomic E-state index is 0.345. The Bertz CT molecular complexity index is 852. The van der Waals surface area contributed by atoms with Gasteiger partial charge in [0, 0.05) is 10.7 Å². The highest BCUT2D eigenvalue weighted by Gasteiger charge is 2.29. The van der Waals surface area contributed by atoms with Gasteiger partial charge in [0.05, 0.1) is 11.9 Å². The number of nitrogens with one attached hydrogen (secondary N) is 1. The number of anilines is 2. The molecule has 2 rings (SSSR count). The number of carbonyl (C=O) groups is 1. The van der Waals surface area contributed by atoms with Gasteiger partial charge in [0.15, 0.2) is 0 Å². The molecule has 1 atom stereocenters. The molecule has 2 aromatic rings. The van der Waals surface area contributed by atoms with Crippen LogP contribution in [0.4, 0.5) is 11.4 Å². The molecule has 0 saturated carbocycles. The minimum atomic E-state index is -3.67. The molecular weight excluding hydrogens is 348 g/mol. The SMILES string of the molecule is Cc1ccccc1NC(=O)[C@@H](C)N(c1cccc(Cl)c1)S(C)(=O)=O. The number of hydrogen-bond acceptors (Lipinski definition) is 3. The van der Waals surface area contributed by atoms with Crippen LogP contribution in [0.5, 0.6) is 0 Å². The second-order valence-corrected chi connectivity index (χ2v) is 7.81. The highest BCUT2D eigenvalue weighted by molar-refractivity contribution is 7.92. The Balaban J connectivity index is 2.33. The number of hydrogen-bond donors (Lipinski definition) is 1. The Morgan fingerprint density at radius 1 is 1.17 bits per heavy atom. The fourth-order valence-electron chi connectivity index (χ4n) is 2.37. The first-order chi connectivity index (χ1) is 11.2. The number of amides is 1. The van der Waals surface area contributed by atoms with E-state index in [-0.39, 0.29) is 0 Å². The van der Waals surface area contributed by atoms with Crippen LogP contribution in [0.25, 0.3) is 0 Å². The number of rotatable bonds is 5. The quantitative estimate of drug-likeness (QED) is 0.881. The van der Waals surface area contributed by atoms with Crippen LogP contribution in [-0.2, 0) is 14.8 Å².